The first kappa shape index (κ1) is 17.8. The molecule has 1 rings (SSSR count). The van der Waals surface area contributed by atoms with Crippen molar-refractivity contribution in [3.8, 4) is 0 Å². The van der Waals surface area contributed by atoms with Crippen molar-refractivity contribution in [1.82, 2.24) is 10.6 Å². The Bertz CT molecular complexity index is 360. The molecule has 0 aliphatic heterocycles. The molecule has 0 radical (unpaired) electrons. The van der Waals surface area contributed by atoms with Crippen molar-refractivity contribution >= 4 is 18.3 Å². The van der Waals surface area contributed by atoms with Crippen molar-refractivity contribution in [3.05, 3.63) is 35.6 Å². The van der Waals surface area contributed by atoms with Crippen molar-refractivity contribution in [1.29, 1.82) is 0 Å². The van der Waals surface area contributed by atoms with E-state index in [0.29, 0.717) is 26.1 Å². The lowest BCUT2D eigenvalue weighted by atomic mass is 10.1. The van der Waals surface area contributed by atoms with Gasteiger partial charge in [-0.3, -0.25) is 4.79 Å². The van der Waals surface area contributed by atoms with Crippen molar-refractivity contribution in [2.75, 3.05) is 33.4 Å². The van der Waals surface area contributed by atoms with Crippen LogP contribution in [0.2, 0.25) is 0 Å². The van der Waals surface area contributed by atoms with Crippen LogP contribution in [0.5, 0.6) is 0 Å². The molecule has 0 unspecified atom stereocenters. The lowest BCUT2D eigenvalue weighted by molar-refractivity contribution is -0.120. The van der Waals surface area contributed by atoms with E-state index in [2.05, 4.69) is 10.6 Å². The molecular formula is C13H20ClFN2O2. The van der Waals surface area contributed by atoms with Gasteiger partial charge in [-0.05, 0) is 24.1 Å². The van der Waals surface area contributed by atoms with Crippen LogP contribution < -0.4 is 10.6 Å². The third kappa shape index (κ3) is 8.53. The van der Waals surface area contributed by atoms with Gasteiger partial charge in [-0.15, -0.1) is 12.4 Å². The van der Waals surface area contributed by atoms with E-state index in [1.165, 1.54) is 12.1 Å². The lowest BCUT2D eigenvalue weighted by Crippen LogP contribution is -2.36. The van der Waals surface area contributed by atoms with Crippen LogP contribution in [0.25, 0.3) is 0 Å². The maximum atomic E-state index is 12.7. The highest BCUT2D eigenvalue weighted by atomic mass is 35.5. The molecule has 4 nitrogen and oxygen atoms in total. The highest BCUT2D eigenvalue weighted by Crippen LogP contribution is 2.02. The summed E-state index contributed by atoms with van der Waals surface area (Å²) in [4.78, 5) is 11.4. The molecular weight excluding hydrogens is 271 g/mol. The van der Waals surface area contributed by atoms with Crippen LogP contribution in [0.15, 0.2) is 24.3 Å². The molecule has 0 aliphatic carbocycles. The summed E-state index contributed by atoms with van der Waals surface area (Å²) in [7, 11) is 1.62. The molecule has 19 heavy (non-hydrogen) atoms. The second kappa shape index (κ2) is 10.7. The van der Waals surface area contributed by atoms with Gasteiger partial charge in [0.15, 0.2) is 0 Å². The first-order valence-electron chi connectivity index (χ1n) is 5.93. The van der Waals surface area contributed by atoms with E-state index in [-0.39, 0.29) is 30.7 Å². The van der Waals surface area contributed by atoms with E-state index in [1.807, 2.05) is 0 Å². The SMILES string of the molecule is COCCNCC(=O)NCCc1ccc(F)cc1.Cl. The fourth-order valence-electron chi connectivity index (χ4n) is 1.44. The fraction of sp³-hybridized carbons (Fsp3) is 0.462. The number of hydrogen-bond donors (Lipinski definition) is 2. The molecule has 1 aromatic rings. The molecule has 0 heterocycles. The van der Waals surface area contributed by atoms with E-state index < -0.39 is 0 Å². The van der Waals surface area contributed by atoms with Gasteiger partial charge in [0.05, 0.1) is 13.2 Å². The topological polar surface area (TPSA) is 50.4 Å². The molecule has 1 amide bonds. The molecule has 0 aliphatic rings. The monoisotopic (exact) mass is 290 g/mol. The molecule has 0 spiro atoms. The number of methoxy groups -OCH3 is 1. The van der Waals surface area contributed by atoms with Gasteiger partial charge in [-0.2, -0.15) is 0 Å². The summed E-state index contributed by atoms with van der Waals surface area (Å²) in [6, 6.07) is 6.28. The van der Waals surface area contributed by atoms with Gasteiger partial charge in [0.25, 0.3) is 0 Å². The molecule has 2 N–H and O–H groups in total. The van der Waals surface area contributed by atoms with Gasteiger partial charge in [0.2, 0.25) is 5.91 Å². The van der Waals surface area contributed by atoms with Crippen LogP contribution in [0.1, 0.15) is 5.56 Å². The molecule has 1 aromatic carbocycles. The highest BCUT2D eigenvalue weighted by Gasteiger charge is 2.00. The Hall–Kier alpha value is -1.17. The third-order valence-corrected chi connectivity index (χ3v) is 2.42. The Morgan fingerprint density at radius 1 is 1.26 bits per heavy atom. The number of ether oxygens (including phenoxy) is 1. The Kier molecular flexibility index (Phi) is 10.1. The van der Waals surface area contributed by atoms with Crippen molar-refractivity contribution in [2.45, 2.75) is 6.42 Å². The largest absolute Gasteiger partial charge is 0.383 e. The Labute approximate surface area is 119 Å². The molecule has 6 heteroatoms. The van der Waals surface area contributed by atoms with Crippen LogP contribution >= 0.6 is 12.4 Å². The van der Waals surface area contributed by atoms with Crippen molar-refractivity contribution in [2.24, 2.45) is 0 Å². The highest BCUT2D eigenvalue weighted by molar-refractivity contribution is 5.85. The molecule has 108 valence electrons. The minimum atomic E-state index is -0.245. The maximum Gasteiger partial charge on any atom is 0.233 e. The summed E-state index contributed by atoms with van der Waals surface area (Å²) in [6.07, 6.45) is 0.699. The minimum Gasteiger partial charge on any atom is -0.383 e. The Morgan fingerprint density at radius 2 is 1.95 bits per heavy atom. The number of halogens is 2. The van der Waals surface area contributed by atoms with E-state index in [0.717, 1.165) is 5.56 Å². The molecule has 0 bridgehead atoms. The van der Waals surface area contributed by atoms with Gasteiger partial charge in [-0.1, -0.05) is 12.1 Å². The summed E-state index contributed by atoms with van der Waals surface area (Å²) in [5.74, 6) is -0.293. The zero-order chi connectivity index (χ0) is 13.2. The maximum absolute atomic E-state index is 12.7. The first-order valence-corrected chi connectivity index (χ1v) is 5.93. The molecule has 0 saturated carbocycles. The van der Waals surface area contributed by atoms with E-state index >= 15 is 0 Å². The van der Waals surface area contributed by atoms with Crippen molar-refractivity contribution in [3.63, 3.8) is 0 Å². The van der Waals surface area contributed by atoms with E-state index in [4.69, 9.17) is 4.74 Å². The van der Waals surface area contributed by atoms with Crippen molar-refractivity contribution < 1.29 is 13.9 Å². The van der Waals surface area contributed by atoms with Gasteiger partial charge in [-0.25, -0.2) is 4.39 Å². The van der Waals surface area contributed by atoms with Crippen LogP contribution in [0, 0.1) is 5.82 Å². The standard InChI is InChI=1S/C13H19FN2O2.ClH/c1-18-9-8-15-10-13(17)16-7-6-11-2-4-12(14)5-3-11;/h2-5,15H,6-10H2,1H3,(H,16,17);1H. The summed E-state index contributed by atoms with van der Waals surface area (Å²) in [6.45, 7) is 2.08. The summed E-state index contributed by atoms with van der Waals surface area (Å²) in [5.41, 5.74) is 1.00. The average molecular weight is 291 g/mol. The first-order chi connectivity index (χ1) is 8.72. The van der Waals surface area contributed by atoms with E-state index in [9.17, 15) is 9.18 Å². The number of nitrogens with one attached hydrogen (secondary N) is 2. The number of amides is 1. The molecule has 0 atom stereocenters. The number of hydrogen-bond acceptors (Lipinski definition) is 3. The zero-order valence-electron chi connectivity index (χ0n) is 10.9. The smallest absolute Gasteiger partial charge is 0.233 e. The number of benzene rings is 1. The fourth-order valence-corrected chi connectivity index (χ4v) is 1.44. The average Bonchev–Trinajstić information content (AvgIpc) is 2.37. The zero-order valence-corrected chi connectivity index (χ0v) is 11.8. The predicted molar refractivity (Wildman–Crippen MR) is 75.1 cm³/mol. The third-order valence-electron chi connectivity index (χ3n) is 2.42. The molecule has 0 fully saturated rings. The Morgan fingerprint density at radius 3 is 2.58 bits per heavy atom. The molecule has 0 aromatic heterocycles. The van der Waals surface area contributed by atoms with Crippen LogP contribution in [0.4, 0.5) is 4.39 Å². The van der Waals surface area contributed by atoms with Crippen LogP contribution in [-0.2, 0) is 16.0 Å². The van der Waals surface area contributed by atoms with Gasteiger partial charge in [0.1, 0.15) is 5.82 Å². The Balaban J connectivity index is 0.00000324. The summed E-state index contributed by atoms with van der Waals surface area (Å²) < 4.78 is 17.5. The normalized spacial score (nSPS) is 9.79. The number of carbonyl (C=O) groups is 1. The minimum absolute atomic E-state index is 0. The van der Waals surface area contributed by atoms with Gasteiger partial charge >= 0.3 is 0 Å². The second-order valence-corrected chi connectivity index (χ2v) is 3.90. The van der Waals surface area contributed by atoms with Crippen LogP contribution in [0.3, 0.4) is 0 Å². The lowest BCUT2D eigenvalue weighted by Gasteiger charge is -2.06. The van der Waals surface area contributed by atoms with Gasteiger partial charge in [0, 0.05) is 20.2 Å². The second-order valence-electron chi connectivity index (χ2n) is 3.90. The number of carbonyl (C=O) groups excluding carboxylic acids is 1. The van der Waals surface area contributed by atoms with E-state index in [1.54, 1.807) is 19.2 Å². The summed E-state index contributed by atoms with van der Waals surface area (Å²) in [5, 5.41) is 5.74. The molecule has 0 saturated heterocycles. The quantitative estimate of drug-likeness (QED) is 0.706. The van der Waals surface area contributed by atoms with Crippen LogP contribution in [-0.4, -0.2) is 39.3 Å². The number of rotatable bonds is 8. The van der Waals surface area contributed by atoms with Gasteiger partial charge < -0.3 is 15.4 Å². The predicted octanol–water partition coefficient (Wildman–Crippen LogP) is 1.14. The summed E-state index contributed by atoms with van der Waals surface area (Å²) >= 11 is 0.